The Morgan fingerprint density at radius 1 is 1.30 bits per heavy atom. The van der Waals surface area contributed by atoms with E-state index in [1.165, 1.54) is 6.08 Å². The van der Waals surface area contributed by atoms with Crippen molar-refractivity contribution in [3.63, 3.8) is 0 Å². The molecule has 0 bridgehead atoms. The Morgan fingerprint density at radius 2 is 1.93 bits per heavy atom. The number of nitrogens with one attached hydrogen (secondary N) is 1. The minimum atomic E-state index is -3.55. The summed E-state index contributed by atoms with van der Waals surface area (Å²) >= 11 is 0.735. The molecule has 0 atom stereocenters. The summed E-state index contributed by atoms with van der Waals surface area (Å²) in [5.41, 5.74) is 1.63. The summed E-state index contributed by atoms with van der Waals surface area (Å²) < 4.78 is 26.4. The van der Waals surface area contributed by atoms with Gasteiger partial charge in [-0.25, -0.2) is 8.42 Å². The van der Waals surface area contributed by atoms with Crippen LogP contribution in [-0.4, -0.2) is 43.0 Å². The van der Waals surface area contributed by atoms with Crippen LogP contribution in [0.15, 0.2) is 35.0 Å². The van der Waals surface area contributed by atoms with E-state index in [0.29, 0.717) is 5.56 Å². The van der Waals surface area contributed by atoms with Gasteiger partial charge in [-0.2, -0.15) is 14.6 Å². The molecule has 0 aliphatic carbocycles. The fourth-order valence-corrected chi connectivity index (χ4v) is 3.70. The minimum Gasteiger partial charge on any atom is -0.372 e. The van der Waals surface area contributed by atoms with Gasteiger partial charge in [0, 0.05) is 36.6 Å². The monoisotopic (exact) mass is 405 g/mol. The van der Waals surface area contributed by atoms with E-state index >= 15 is 0 Å². The van der Waals surface area contributed by atoms with E-state index in [0.717, 1.165) is 36.6 Å². The Hall–Kier alpha value is -2.77. The van der Waals surface area contributed by atoms with Crippen LogP contribution < -0.4 is 10.2 Å². The lowest BCUT2D eigenvalue weighted by Gasteiger charge is -2.20. The molecule has 142 valence electrons. The first kappa shape index (κ1) is 20.5. The number of rotatable bonds is 7. The van der Waals surface area contributed by atoms with Crippen LogP contribution >= 0.6 is 11.5 Å². The topological polar surface area (TPSA) is 116 Å². The van der Waals surface area contributed by atoms with Gasteiger partial charge in [0.2, 0.25) is 15.0 Å². The van der Waals surface area contributed by atoms with Gasteiger partial charge in [0.15, 0.2) is 0 Å². The molecule has 0 saturated carbocycles. The first-order chi connectivity index (χ1) is 12.8. The van der Waals surface area contributed by atoms with E-state index in [2.05, 4.69) is 33.4 Å². The van der Waals surface area contributed by atoms with Crippen LogP contribution in [0.5, 0.6) is 0 Å². The average molecular weight is 406 g/mol. The molecule has 0 aliphatic heterocycles. The lowest BCUT2D eigenvalue weighted by Crippen LogP contribution is -2.21. The Kier molecular flexibility index (Phi) is 6.65. The lowest BCUT2D eigenvalue weighted by atomic mass is 10.1. The number of carbonyl (C=O) groups is 1. The Bertz CT molecular complexity index is 984. The van der Waals surface area contributed by atoms with Crippen molar-refractivity contribution < 1.29 is 13.2 Å². The highest BCUT2D eigenvalue weighted by molar-refractivity contribution is 7.90. The fraction of sp³-hybridized carbons (Fsp3) is 0.294. The number of amides is 1. The maximum Gasteiger partial charge on any atom is 0.268 e. The Labute approximate surface area is 162 Å². The average Bonchev–Trinajstić information content (AvgIpc) is 3.10. The number of benzene rings is 1. The molecular weight excluding hydrogens is 386 g/mol. The summed E-state index contributed by atoms with van der Waals surface area (Å²) in [6.07, 6.45) is 2.43. The second-order valence-corrected chi connectivity index (χ2v) is 8.20. The highest BCUT2D eigenvalue weighted by atomic mass is 32.2. The van der Waals surface area contributed by atoms with Crippen LogP contribution in [0.1, 0.15) is 19.4 Å². The third-order valence-electron chi connectivity index (χ3n) is 3.66. The molecule has 1 heterocycles. The highest BCUT2D eigenvalue weighted by Crippen LogP contribution is 2.18. The molecule has 1 amide bonds. The number of hydrogen-bond donors (Lipinski definition) is 1. The van der Waals surface area contributed by atoms with Crippen molar-refractivity contribution in [3.8, 4) is 6.07 Å². The molecular formula is C17H19N5O3S2. The third-order valence-corrected chi connectivity index (χ3v) is 5.25. The van der Waals surface area contributed by atoms with Crippen LogP contribution in [-0.2, 0) is 14.6 Å². The van der Waals surface area contributed by atoms with Crippen molar-refractivity contribution in [2.45, 2.75) is 19.0 Å². The van der Waals surface area contributed by atoms with Crippen molar-refractivity contribution in [3.05, 3.63) is 35.4 Å². The molecule has 0 fully saturated rings. The van der Waals surface area contributed by atoms with Gasteiger partial charge >= 0.3 is 0 Å². The second-order valence-electron chi connectivity index (χ2n) is 5.54. The van der Waals surface area contributed by atoms with Crippen LogP contribution in [0, 0.1) is 11.3 Å². The molecule has 8 nitrogen and oxygen atoms in total. The standard InChI is InChI=1S/C17H19N5O3S2/c1-4-22(5-2)14-8-6-12(7-9-14)10-13(11-18)15(23)19-16-20-17(21-26-16)27(3,24)25/h6-10H,4-5H2,1-3H3,(H,19,20,21,23)/b13-10-. The van der Waals surface area contributed by atoms with Crippen LogP contribution in [0.3, 0.4) is 0 Å². The molecule has 0 spiro atoms. The van der Waals surface area contributed by atoms with E-state index in [4.69, 9.17) is 0 Å². The summed E-state index contributed by atoms with van der Waals surface area (Å²) in [5, 5.41) is 11.3. The first-order valence-electron chi connectivity index (χ1n) is 8.10. The summed E-state index contributed by atoms with van der Waals surface area (Å²) in [6.45, 7) is 5.90. The van der Waals surface area contributed by atoms with Crippen molar-refractivity contribution in [2.24, 2.45) is 0 Å². The predicted octanol–water partition coefficient (Wildman–Crippen LogP) is 2.33. The number of aromatic nitrogens is 2. The third kappa shape index (κ3) is 5.35. The van der Waals surface area contributed by atoms with Gasteiger partial charge in [-0.1, -0.05) is 12.1 Å². The van der Waals surface area contributed by atoms with Crippen molar-refractivity contribution in [2.75, 3.05) is 29.6 Å². The lowest BCUT2D eigenvalue weighted by molar-refractivity contribution is -0.112. The molecule has 2 rings (SSSR count). The molecule has 1 aromatic carbocycles. The fourth-order valence-electron chi connectivity index (χ4n) is 2.26. The van der Waals surface area contributed by atoms with Gasteiger partial charge in [0.25, 0.3) is 11.1 Å². The number of nitriles is 1. The zero-order valence-corrected chi connectivity index (χ0v) is 16.8. The SMILES string of the molecule is CCN(CC)c1ccc(/C=C(/C#N)C(=O)Nc2nc(S(C)(=O)=O)ns2)cc1. The number of anilines is 2. The minimum absolute atomic E-state index is 0.0125. The molecule has 0 aliphatic rings. The van der Waals surface area contributed by atoms with Gasteiger partial charge in [0.05, 0.1) is 0 Å². The normalized spacial score (nSPS) is 11.7. The number of carbonyl (C=O) groups excluding carboxylic acids is 1. The second kappa shape index (κ2) is 8.75. The maximum atomic E-state index is 12.3. The van der Waals surface area contributed by atoms with E-state index in [-0.39, 0.29) is 15.9 Å². The predicted molar refractivity (Wildman–Crippen MR) is 105 cm³/mol. The zero-order chi connectivity index (χ0) is 20.0. The van der Waals surface area contributed by atoms with Crippen molar-refractivity contribution in [1.82, 2.24) is 9.36 Å². The van der Waals surface area contributed by atoms with Gasteiger partial charge < -0.3 is 4.90 Å². The molecule has 2 aromatic rings. The van der Waals surface area contributed by atoms with E-state index in [1.807, 2.05) is 30.3 Å². The molecule has 1 aromatic heterocycles. The largest absolute Gasteiger partial charge is 0.372 e. The quantitative estimate of drug-likeness (QED) is 0.555. The number of sulfone groups is 1. The van der Waals surface area contributed by atoms with Gasteiger partial charge in [-0.15, -0.1) is 0 Å². The Balaban J connectivity index is 2.17. The Morgan fingerprint density at radius 3 is 2.41 bits per heavy atom. The van der Waals surface area contributed by atoms with E-state index in [1.54, 1.807) is 0 Å². The molecule has 10 heteroatoms. The smallest absolute Gasteiger partial charge is 0.268 e. The van der Waals surface area contributed by atoms with Crippen molar-refractivity contribution in [1.29, 1.82) is 5.26 Å². The van der Waals surface area contributed by atoms with Crippen LogP contribution in [0.25, 0.3) is 6.08 Å². The van der Waals surface area contributed by atoms with Crippen LogP contribution in [0.2, 0.25) is 0 Å². The maximum absolute atomic E-state index is 12.3. The molecule has 1 N–H and O–H groups in total. The molecule has 0 saturated heterocycles. The summed E-state index contributed by atoms with van der Waals surface area (Å²) in [5.74, 6) is -0.679. The van der Waals surface area contributed by atoms with E-state index < -0.39 is 15.7 Å². The molecule has 0 radical (unpaired) electrons. The van der Waals surface area contributed by atoms with Crippen LogP contribution in [0.4, 0.5) is 10.8 Å². The van der Waals surface area contributed by atoms with Gasteiger partial charge in [0.1, 0.15) is 11.6 Å². The summed E-state index contributed by atoms with van der Waals surface area (Å²) in [6, 6.07) is 9.34. The zero-order valence-electron chi connectivity index (χ0n) is 15.1. The highest BCUT2D eigenvalue weighted by Gasteiger charge is 2.17. The first-order valence-corrected chi connectivity index (χ1v) is 10.8. The van der Waals surface area contributed by atoms with Gasteiger partial charge in [-0.3, -0.25) is 10.1 Å². The summed E-state index contributed by atoms with van der Waals surface area (Å²) in [7, 11) is -3.55. The number of hydrogen-bond acceptors (Lipinski definition) is 8. The summed E-state index contributed by atoms with van der Waals surface area (Å²) in [4.78, 5) is 18.2. The van der Waals surface area contributed by atoms with Gasteiger partial charge in [-0.05, 0) is 37.6 Å². The van der Waals surface area contributed by atoms with E-state index in [9.17, 15) is 18.5 Å². The molecule has 27 heavy (non-hydrogen) atoms. The van der Waals surface area contributed by atoms with Crippen molar-refractivity contribution >= 4 is 44.2 Å². The molecule has 0 unspecified atom stereocenters. The number of nitrogens with zero attached hydrogens (tertiary/aromatic N) is 4.